The third kappa shape index (κ3) is 4.48. The van der Waals surface area contributed by atoms with E-state index < -0.39 is 11.5 Å². The molecule has 2 fully saturated rings. The molecule has 1 aromatic carbocycles. The van der Waals surface area contributed by atoms with Gasteiger partial charge in [-0.2, -0.15) is 0 Å². The molecule has 194 valence electrons. The van der Waals surface area contributed by atoms with Gasteiger partial charge in [-0.3, -0.25) is 9.59 Å². The first-order valence-corrected chi connectivity index (χ1v) is 13.8. The van der Waals surface area contributed by atoms with E-state index in [1.807, 2.05) is 44.3 Å². The first-order valence-electron chi connectivity index (χ1n) is 13.0. The number of aliphatic hydroxyl groups is 2. The zero-order valence-corrected chi connectivity index (χ0v) is 22.2. The Morgan fingerprint density at radius 3 is 2.58 bits per heavy atom. The highest BCUT2D eigenvalue weighted by atomic mass is 32.1. The lowest BCUT2D eigenvalue weighted by Gasteiger charge is -2.58. The number of fused-ring (bicyclic) bond motifs is 2. The molecule has 0 radical (unpaired) electrons. The van der Waals surface area contributed by atoms with Crippen molar-refractivity contribution in [1.29, 1.82) is 0 Å². The van der Waals surface area contributed by atoms with Gasteiger partial charge in [-0.05, 0) is 49.0 Å². The molecule has 8 heteroatoms. The number of aliphatic hydroxyl groups excluding tert-OH is 2. The fraction of sp³-hybridized carbons (Fsp3) is 0.607. The molecule has 5 atom stereocenters. The van der Waals surface area contributed by atoms with E-state index in [-0.39, 0.29) is 41.6 Å². The van der Waals surface area contributed by atoms with Crippen LogP contribution in [0.1, 0.15) is 68.0 Å². The molecule has 3 aliphatic rings. The fourth-order valence-electron chi connectivity index (χ4n) is 6.53. The second kappa shape index (κ2) is 9.54. The third-order valence-electron chi connectivity index (χ3n) is 9.14. The SMILES string of the molecule is CN(Cc1ccccc1)C(=O)CC1c2nc(NC(=O)C3CC3)sc2CC2C(C)(CO)C(O)CCC12C. The maximum Gasteiger partial charge on any atom is 0.229 e. The topological polar surface area (TPSA) is 103 Å². The number of thiazole rings is 1. The van der Waals surface area contributed by atoms with Crippen LogP contribution in [0.4, 0.5) is 5.13 Å². The zero-order chi connectivity index (χ0) is 25.7. The monoisotopic (exact) mass is 511 g/mol. The van der Waals surface area contributed by atoms with Crippen molar-refractivity contribution < 1.29 is 19.8 Å². The molecular weight excluding hydrogens is 474 g/mol. The average Bonchev–Trinajstić information content (AvgIpc) is 3.64. The number of anilines is 1. The highest BCUT2D eigenvalue weighted by Crippen LogP contribution is 2.63. The maximum atomic E-state index is 13.6. The Morgan fingerprint density at radius 1 is 1.19 bits per heavy atom. The summed E-state index contributed by atoms with van der Waals surface area (Å²) >= 11 is 1.49. The van der Waals surface area contributed by atoms with Gasteiger partial charge in [0.2, 0.25) is 11.8 Å². The molecule has 2 amide bonds. The molecule has 36 heavy (non-hydrogen) atoms. The molecule has 0 aliphatic heterocycles. The van der Waals surface area contributed by atoms with E-state index in [1.54, 1.807) is 4.90 Å². The highest BCUT2D eigenvalue weighted by molar-refractivity contribution is 7.15. The van der Waals surface area contributed by atoms with Crippen LogP contribution in [0.3, 0.4) is 0 Å². The Labute approximate surface area is 216 Å². The Morgan fingerprint density at radius 2 is 1.92 bits per heavy atom. The second-order valence-electron chi connectivity index (χ2n) is 11.6. The Bertz CT molecular complexity index is 1130. The minimum Gasteiger partial charge on any atom is -0.396 e. The highest BCUT2D eigenvalue weighted by Gasteiger charge is 2.59. The van der Waals surface area contributed by atoms with Crippen LogP contribution in [-0.4, -0.2) is 51.7 Å². The number of carbonyl (C=O) groups is 2. The summed E-state index contributed by atoms with van der Waals surface area (Å²) in [6.45, 7) is 4.61. The lowest BCUT2D eigenvalue weighted by molar-refractivity contribution is -0.147. The molecule has 0 spiro atoms. The predicted molar refractivity (Wildman–Crippen MR) is 139 cm³/mol. The predicted octanol–water partition coefficient (Wildman–Crippen LogP) is 3.96. The van der Waals surface area contributed by atoms with Crippen LogP contribution in [0.2, 0.25) is 0 Å². The van der Waals surface area contributed by atoms with E-state index in [9.17, 15) is 19.8 Å². The van der Waals surface area contributed by atoms with Crippen molar-refractivity contribution in [2.45, 2.75) is 70.9 Å². The van der Waals surface area contributed by atoms with Gasteiger partial charge < -0.3 is 20.4 Å². The molecule has 3 aliphatic carbocycles. The first-order chi connectivity index (χ1) is 17.2. The molecule has 7 nitrogen and oxygen atoms in total. The Hall–Kier alpha value is -2.29. The van der Waals surface area contributed by atoms with Crippen LogP contribution in [0, 0.1) is 22.7 Å². The molecule has 1 aromatic heterocycles. The van der Waals surface area contributed by atoms with E-state index in [0.29, 0.717) is 30.9 Å². The number of carbonyl (C=O) groups excluding carboxylic acids is 2. The van der Waals surface area contributed by atoms with Crippen LogP contribution in [-0.2, 0) is 22.6 Å². The molecular formula is C28H37N3O4S. The fourth-order valence-corrected chi connectivity index (χ4v) is 7.60. The summed E-state index contributed by atoms with van der Waals surface area (Å²) in [4.78, 5) is 33.7. The maximum absolute atomic E-state index is 13.6. The summed E-state index contributed by atoms with van der Waals surface area (Å²) < 4.78 is 0. The van der Waals surface area contributed by atoms with Gasteiger partial charge in [-0.25, -0.2) is 4.98 Å². The summed E-state index contributed by atoms with van der Waals surface area (Å²) in [5.74, 6) is -0.00224. The van der Waals surface area contributed by atoms with Gasteiger partial charge in [0, 0.05) is 42.1 Å². The standard InChI is InChI=1S/C28H37N3O4S/c1-27-12-11-22(33)28(2,16-32)21(27)14-20-24(29-26(36-20)30-25(35)18-9-10-18)19(27)13-23(34)31(3)15-17-7-5-4-6-8-17/h4-8,18-19,21-22,32-33H,9-16H2,1-3H3,(H,29,30,35). The summed E-state index contributed by atoms with van der Waals surface area (Å²) in [6, 6.07) is 9.95. The molecule has 5 rings (SSSR count). The van der Waals surface area contributed by atoms with Crippen molar-refractivity contribution in [2.75, 3.05) is 19.0 Å². The average molecular weight is 512 g/mol. The molecule has 3 N–H and O–H groups in total. The summed E-state index contributed by atoms with van der Waals surface area (Å²) in [7, 11) is 1.84. The Balaban J connectivity index is 1.47. The number of benzene rings is 1. The van der Waals surface area contributed by atoms with Gasteiger partial charge >= 0.3 is 0 Å². The summed E-state index contributed by atoms with van der Waals surface area (Å²) in [5.41, 5.74) is 1.01. The second-order valence-corrected chi connectivity index (χ2v) is 12.6. The van der Waals surface area contributed by atoms with Crippen molar-refractivity contribution in [1.82, 2.24) is 9.88 Å². The van der Waals surface area contributed by atoms with E-state index in [0.717, 1.165) is 35.4 Å². The Kier molecular flexibility index (Phi) is 6.72. The smallest absolute Gasteiger partial charge is 0.229 e. The number of aromatic nitrogens is 1. The molecule has 0 saturated heterocycles. The number of nitrogens with zero attached hydrogens (tertiary/aromatic N) is 2. The van der Waals surface area contributed by atoms with Gasteiger partial charge in [0.25, 0.3) is 0 Å². The van der Waals surface area contributed by atoms with Crippen molar-refractivity contribution in [3.8, 4) is 0 Å². The van der Waals surface area contributed by atoms with Gasteiger partial charge in [0.05, 0.1) is 18.4 Å². The van der Waals surface area contributed by atoms with E-state index in [2.05, 4.69) is 12.2 Å². The van der Waals surface area contributed by atoms with Crippen molar-refractivity contribution in [3.05, 3.63) is 46.5 Å². The van der Waals surface area contributed by atoms with Crippen LogP contribution >= 0.6 is 11.3 Å². The first kappa shape index (κ1) is 25.4. The quantitative estimate of drug-likeness (QED) is 0.522. The van der Waals surface area contributed by atoms with Gasteiger partial charge in [-0.1, -0.05) is 44.2 Å². The molecule has 5 unspecified atom stereocenters. The van der Waals surface area contributed by atoms with E-state index in [1.165, 1.54) is 11.3 Å². The van der Waals surface area contributed by atoms with E-state index >= 15 is 0 Å². The van der Waals surface area contributed by atoms with Crippen LogP contribution in [0.25, 0.3) is 0 Å². The number of hydrogen-bond acceptors (Lipinski definition) is 6. The van der Waals surface area contributed by atoms with Gasteiger partial charge in [0.1, 0.15) is 0 Å². The lowest BCUT2D eigenvalue weighted by Crippen LogP contribution is -2.57. The third-order valence-corrected chi connectivity index (χ3v) is 10.1. The minimum absolute atomic E-state index is 0.00378. The largest absolute Gasteiger partial charge is 0.396 e. The van der Waals surface area contributed by atoms with Gasteiger partial charge in [-0.15, -0.1) is 11.3 Å². The minimum atomic E-state index is -0.663. The van der Waals surface area contributed by atoms with Crippen LogP contribution < -0.4 is 5.32 Å². The molecule has 0 bridgehead atoms. The lowest BCUT2D eigenvalue weighted by atomic mass is 9.47. The number of nitrogens with one attached hydrogen (secondary N) is 1. The molecule has 2 saturated carbocycles. The van der Waals surface area contributed by atoms with Gasteiger partial charge in [0.15, 0.2) is 5.13 Å². The molecule has 2 aromatic rings. The van der Waals surface area contributed by atoms with Crippen LogP contribution in [0.15, 0.2) is 30.3 Å². The zero-order valence-electron chi connectivity index (χ0n) is 21.4. The normalized spacial score (nSPS) is 31.3. The number of amides is 2. The van der Waals surface area contributed by atoms with Crippen molar-refractivity contribution >= 4 is 28.3 Å². The van der Waals surface area contributed by atoms with Crippen LogP contribution in [0.5, 0.6) is 0 Å². The summed E-state index contributed by atoms with van der Waals surface area (Å²) in [6.07, 6.45) is 3.58. The summed E-state index contributed by atoms with van der Waals surface area (Å²) in [5, 5.41) is 25.0. The molecule has 1 heterocycles. The van der Waals surface area contributed by atoms with Crippen molar-refractivity contribution in [3.63, 3.8) is 0 Å². The number of hydrogen-bond donors (Lipinski definition) is 3. The van der Waals surface area contributed by atoms with Crippen molar-refractivity contribution in [2.24, 2.45) is 22.7 Å². The number of rotatable bonds is 7. The van der Waals surface area contributed by atoms with E-state index in [4.69, 9.17) is 4.98 Å².